The van der Waals surface area contributed by atoms with Gasteiger partial charge in [0.15, 0.2) is 0 Å². The molecule has 1 fully saturated rings. The number of carbonyl (C=O) groups is 3. The van der Waals surface area contributed by atoms with Crippen molar-refractivity contribution in [2.24, 2.45) is 0 Å². The lowest BCUT2D eigenvalue weighted by molar-refractivity contribution is -0.150. The summed E-state index contributed by atoms with van der Waals surface area (Å²) in [5.74, 6) is -1.05. The molecule has 1 aromatic rings. The van der Waals surface area contributed by atoms with Crippen molar-refractivity contribution in [3.8, 4) is 0 Å². The lowest BCUT2D eigenvalue weighted by Crippen LogP contribution is -2.42. The number of aryl methyl sites for hydroxylation is 1. The van der Waals surface area contributed by atoms with E-state index in [1.54, 1.807) is 13.0 Å². The average Bonchev–Trinajstić information content (AvgIpc) is 2.93. The third kappa shape index (κ3) is 3.78. The fourth-order valence-corrected chi connectivity index (χ4v) is 4.70. The first kappa shape index (κ1) is 22.2. The number of allylic oxidation sites excluding steroid dienone is 1. The summed E-state index contributed by atoms with van der Waals surface area (Å²) in [7, 11) is 2.07. The number of carbonyl (C=O) groups excluding carboxylic acids is 3. The van der Waals surface area contributed by atoms with Gasteiger partial charge >= 0.3 is 5.97 Å². The molecule has 1 atom stereocenters. The maximum Gasteiger partial charge on any atom is 0.329 e. The summed E-state index contributed by atoms with van der Waals surface area (Å²) in [6.07, 6.45) is 3.97. The van der Waals surface area contributed by atoms with Gasteiger partial charge in [0.05, 0.1) is 17.1 Å². The molecule has 2 heterocycles. The molecule has 1 aromatic carbocycles. The van der Waals surface area contributed by atoms with Crippen LogP contribution in [0, 0.1) is 6.92 Å². The van der Waals surface area contributed by atoms with Crippen molar-refractivity contribution < 1.29 is 19.1 Å². The molecule has 2 amide bonds. The molecule has 1 saturated heterocycles. The van der Waals surface area contributed by atoms with Crippen molar-refractivity contribution in [1.29, 1.82) is 0 Å². The second-order valence-corrected chi connectivity index (χ2v) is 9.24. The lowest BCUT2D eigenvalue weighted by atomic mass is 9.87. The SMILES string of the molecule is CCOC(=O)[C@H](C)N1C(=O)S/C(=C/c2cc3c(cc2C)N(C)C(C)(C)C=C3C)C1=O. The Hall–Kier alpha value is -2.54. The molecule has 0 N–H and O–H groups in total. The van der Waals surface area contributed by atoms with Crippen LogP contribution in [0.25, 0.3) is 11.6 Å². The van der Waals surface area contributed by atoms with Crippen LogP contribution in [0.1, 0.15) is 51.3 Å². The molecule has 7 heteroatoms. The van der Waals surface area contributed by atoms with E-state index < -0.39 is 23.2 Å². The Bertz CT molecular complexity index is 993. The summed E-state index contributed by atoms with van der Waals surface area (Å²) >= 11 is 0.853. The van der Waals surface area contributed by atoms with Gasteiger partial charge in [0, 0.05) is 18.3 Å². The van der Waals surface area contributed by atoms with Crippen LogP contribution in [0.5, 0.6) is 0 Å². The summed E-state index contributed by atoms with van der Waals surface area (Å²) in [5.41, 5.74) is 5.22. The summed E-state index contributed by atoms with van der Waals surface area (Å²) in [6, 6.07) is 3.23. The molecule has 160 valence electrons. The number of esters is 1. The fraction of sp³-hybridized carbons (Fsp3) is 0.435. The maximum absolute atomic E-state index is 12.9. The zero-order valence-electron chi connectivity index (χ0n) is 18.5. The highest BCUT2D eigenvalue weighted by atomic mass is 32.2. The van der Waals surface area contributed by atoms with Crippen LogP contribution in [0.4, 0.5) is 10.5 Å². The third-order valence-electron chi connectivity index (χ3n) is 5.73. The normalized spacial score (nSPS) is 20.4. The molecule has 0 saturated carbocycles. The van der Waals surface area contributed by atoms with Gasteiger partial charge in [-0.2, -0.15) is 0 Å². The minimum atomic E-state index is -0.950. The molecule has 0 bridgehead atoms. The Balaban J connectivity index is 1.97. The molecule has 0 aromatic heterocycles. The first-order valence-electron chi connectivity index (χ1n) is 10.00. The van der Waals surface area contributed by atoms with E-state index in [1.807, 2.05) is 6.92 Å². The van der Waals surface area contributed by atoms with Crippen molar-refractivity contribution in [2.45, 2.75) is 53.1 Å². The monoisotopic (exact) mass is 428 g/mol. The quantitative estimate of drug-likeness (QED) is 0.515. The highest BCUT2D eigenvalue weighted by Crippen LogP contribution is 2.41. The molecule has 2 aliphatic rings. The Labute approximate surface area is 181 Å². The van der Waals surface area contributed by atoms with Crippen LogP contribution in [0.3, 0.4) is 0 Å². The summed E-state index contributed by atoms with van der Waals surface area (Å²) in [6.45, 7) is 11.8. The Morgan fingerprint density at radius 1 is 1.27 bits per heavy atom. The molecule has 3 rings (SSSR count). The third-order valence-corrected chi connectivity index (χ3v) is 6.61. The predicted octanol–water partition coefficient (Wildman–Crippen LogP) is 4.61. The van der Waals surface area contributed by atoms with Crippen LogP contribution in [0.15, 0.2) is 23.1 Å². The van der Waals surface area contributed by atoms with E-state index in [4.69, 9.17) is 4.74 Å². The van der Waals surface area contributed by atoms with E-state index in [0.29, 0.717) is 4.91 Å². The Morgan fingerprint density at radius 3 is 2.57 bits per heavy atom. The number of fused-ring (bicyclic) bond motifs is 1. The first-order chi connectivity index (χ1) is 14.0. The first-order valence-corrected chi connectivity index (χ1v) is 10.8. The van der Waals surface area contributed by atoms with Gasteiger partial charge in [0.2, 0.25) is 0 Å². The van der Waals surface area contributed by atoms with Crippen molar-refractivity contribution in [3.05, 3.63) is 39.8 Å². The molecule has 30 heavy (non-hydrogen) atoms. The predicted molar refractivity (Wildman–Crippen MR) is 121 cm³/mol. The number of ether oxygens (including phenoxy) is 1. The van der Waals surface area contributed by atoms with E-state index in [1.165, 1.54) is 12.5 Å². The lowest BCUT2D eigenvalue weighted by Gasteiger charge is -2.41. The van der Waals surface area contributed by atoms with Gasteiger partial charge in [-0.25, -0.2) is 4.79 Å². The number of thioether (sulfide) groups is 1. The number of benzene rings is 1. The van der Waals surface area contributed by atoms with Gasteiger partial charge in [0.1, 0.15) is 6.04 Å². The zero-order chi connectivity index (χ0) is 22.4. The smallest absolute Gasteiger partial charge is 0.329 e. The topological polar surface area (TPSA) is 66.9 Å². The molecular weight excluding hydrogens is 400 g/mol. The van der Waals surface area contributed by atoms with E-state index in [0.717, 1.165) is 39.0 Å². The van der Waals surface area contributed by atoms with Crippen LogP contribution in [-0.2, 0) is 14.3 Å². The van der Waals surface area contributed by atoms with E-state index >= 15 is 0 Å². The van der Waals surface area contributed by atoms with Crippen LogP contribution < -0.4 is 4.90 Å². The minimum absolute atomic E-state index is 0.0864. The minimum Gasteiger partial charge on any atom is -0.464 e. The standard InChI is InChI=1S/C23H28N2O4S/c1-8-29-21(27)15(4)25-20(26)19(30-22(25)28)11-16-10-17-14(3)12-23(5,6)24(7)18(17)9-13(16)2/h9-12,15H,8H2,1-7H3/b19-11+/t15-/m0/s1. The Morgan fingerprint density at radius 2 is 1.93 bits per heavy atom. The van der Waals surface area contributed by atoms with Gasteiger partial charge in [-0.3, -0.25) is 14.5 Å². The largest absolute Gasteiger partial charge is 0.464 e. The molecule has 0 spiro atoms. The van der Waals surface area contributed by atoms with E-state index in [9.17, 15) is 14.4 Å². The number of hydrogen-bond acceptors (Lipinski definition) is 6. The number of anilines is 1. The highest BCUT2D eigenvalue weighted by Gasteiger charge is 2.41. The van der Waals surface area contributed by atoms with Crippen LogP contribution in [-0.4, -0.2) is 47.3 Å². The Kier molecular flexibility index (Phi) is 5.87. The molecule has 2 aliphatic heterocycles. The van der Waals surface area contributed by atoms with Gasteiger partial charge in [-0.1, -0.05) is 6.08 Å². The number of amides is 2. The summed E-state index contributed by atoms with van der Waals surface area (Å²) < 4.78 is 4.96. The molecule has 0 unspecified atom stereocenters. The van der Waals surface area contributed by atoms with Crippen LogP contribution in [0.2, 0.25) is 0 Å². The molecular formula is C23H28N2O4S. The molecule has 6 nitrogen and oxygen atoms in total. The van der Waals surface area contributed by atoms with Crippen molar-refractivity contribution in [1.82, 2.24) is 4.90 Å². The van der Waals surface area contributed by atoms with E-state index in [2.05, 4.69) is 50.9 Å². The molecule has 0 aliphatic carbocycles. The number of imide groups is 1. The number of rotatable bonds is 4. The van der Waals surface area contributed by atoms with Crippen molar-refractivity contribution in [2.75, 3.05) is 18.6 Å². The zero-order valence-corrected chi connectivity index (χ0v) is 19.3. The summed E-state index contributed by atoms with van der Waals surface area (Å²) in [5, 5.41) is -0.458. The number of nitrogens with zero attached hydrogens (tertiary/aromatic N) is 2. The highest BCUT2D eigenvalue weighted by molar-refractivity contribution is 8.18. The maximum atomic E-state index is 12.9. The van der Waals surface area contributed by atoms with Gasteiger partial charge in [0.25, 0.3) is 11.1 Å². The van der Waals surface area contributed by atoms with E-state index in [-0.39, 0.29) is 12.1 Å². The number of likely N-dealkylation sites (N-methyl/N-ethyl adjacent to an activating group) is 1. The van der Waals surface area contributed by atoms with Crippen molar-refractivity contribution >= 4 is 46.2 Å². The number of hydrogen-bond donors (Lipinski definition) is 0. The second kappa shape index (κ2) is 7.95. The fourth-order valence-electron chi connectivity index (χ4n) is 3.80. The van der Waals surface area contributed by atoms with Crippen LogP contribution >= 0.6 is 11.8 Å². The average molecular weight is 429 g/mol. The van der Waals surface area contributed by atoms with Gasteiger partial charge in [-0.15, -0.1) is 0 Å². The van der Waals surface area contributed by atoms with Gasteiger partial charge < -0.3 is 9.64 Å². The van der Waals surface area contributed by atoms with Crippen molar-refractivity contribution in [3.63, 3.8) is 0 Å². The molecule has 0 radical (unpaired) electrons. The second-order valence-electron chi connectivity index (χ2n) is 8.25. The van der Waals surface area contributed by atoms with Gasteiger partial charge in [-0.05, 0) is 88.2 Å². The summed E-state index contributed by atoms with van der Waals surface area (Å²) in [4.78, 5) is 40.8.